The Labute approximate surface area is 183 Å². The highest BCUT2D eigenvalue weighted by molar-refractivity contribution is 8.15. The van der Waals surface area contributed by atoms with Crippen LogP contribution in [0.15, 0.2) is 34.3 Å². The van der Waals surface area contributed by atoms with Crippen LogP contribution in [0.3, 0.4) is 0 Å². The summed E-state index contributed by atoms with van der Waals surface area (Å²) in [6.45, 7) is 2.53. The van der Waals surface area contributed by atoms with Gasteiger partial charge in [-0.3, -0.25) is 19.4 Å². The monoisotopic (exact) mass is 445 g/mol. The number of nitrogens with one attached hydrogen (secondary N) is 2. The summed E-state index contributed by atoms with van der Waals surface area (Å²) in [5, 5.41) is 6.42. The van der Waals surface area contributed by atoms with Gasteiger partial charge in [-0.2, -0.15) is 4.99 Å². The smallest absolute Gasteiger partial charge is 0.262 e. The molecule has 0 bridgehead atoms. The van der Waals surface area contributed by atoms with Crippen molar-refractivity contribution in [1.82, 2.24) is 10.2 Å². The average Bonchev–Trinajstić information content (AvgIpc) is 3.39. The predicted molar refractivity (Wildman–Crippen MR) is 121 cm³/mol. The molecule has 1 fully saturated rings. The van der Waals surface area contributed by atoms with Gasteiger partial charge in [-0.1, -0.05) is 29.6 Å². The Morgan fingerprint density at radius 3 is 2.77 bits per heavy atom. The van der Waals surface area contributed by atoms with E-state index in [0.717, 1.165) is 36.9 Å². The molecule has 3 amide bonds. The third-order valence-corrected chi connectivity index (χ3v) is 7.05. The van der Waals surface area contributed by atoms with Gasteiger partial charge in [0.15, 0.2) is 10.3 Å². The van der Waals surface area contributed by atoms with Crippen LogP contribution in [0.5, 0.6) is 0 Å². The number of hydrogen-bond acceptors (Lipinski definition) is 7. The number of piperidine rings is 1. The van der Waals surface area contributed by atoms with Gasteiger partial charge in [0, 0.05) is 36.5 Å². The number of anilines is 1. The van der Waals surface area contributed by atoms with Crippen LogP contribution in [0.2, 0.25) is 0 Å². The van der Waals surface area contributed by atoms with Crippen molar-refractivity contribution in [3.63, 3.8) is 0 Å². The number of benzene rings is 1. The lowest BCUT2D eigenvalue weighted by Gasteiger charge is -2.27. The van der Waals surface area contributed by atoms with Crippen LogP contribution in [0.1, 0.15) is 36.0 Å². The molecular weight excluding hydrogens is 422 g/mol. The number of nitrogens with zero attached hydrogens (tertiary/aromatic N) is 3. The SMILES string of the molecule is O=C(CC1SC(N2CCCCC2)=NC1=O)Nc1cccc(C(=O)NC2=NCCS2)c1. The van der Waals surface area contributed by atoms with E-state index < -0.39 is 5.25 Å². The van der Waals surface area contributed by atoms with E-state index in [1.165, 1.54) is 29.9 Å². The quantitative estimate of drug-likeness (QED) is 0.737. The summed E-state index contributed by atoms with van der Waals surface area (Å²) in [5.41, 5.74) is 0.950. The second-order valence-electron chi connectivity index (χ2n) is 7.21. The normalized spacial score (nSPS) is 21.3. The topological polar surface area (TPSA) is 103 Å². The zero-order valence-electron chi connectivity index (χ0n) is 16.4. The highest BCUT2D eigenvalue weighted by Crippen LogP contribution is 2.29. The molecule has 0 spiro atoms. The van der Waals surface area contributed by atoms with Gasteiger partial charge in [0.1, 0.15) is 5.25 Å². The van der Waals surface area contributed by atoms with E-state index >= 15 is 0 Å². The van der Waals surface area contributed by atoms with Gasteiger partial charge >= 0.3 is 0 Å². The highest BCUT2D eigenvalue weighted by atomic mass is 32.2. The van der Waals surface area contributed by atoms with Gasteiger partial charge in [0.25, 0.3) is 11.8 Å². The third-order valence-electron chi connectivity index (χ3n) is 4.94. The van der Waals surface area contributed by atoms with Crippen molar-refractivity contribution in [3.05, 3.63) is 29.8 Å². The molecule has 30 heavy (non-hydrogen) atoms. The molecule has 1 saturated heterocycles. The molecule has 3 aliphatic rings. The van der Waals surface area contributed by atoms with Crippen LogP contribution < -0.4 is 10.6 Å². The Morgan fingerprint density at radius 2 is 2.00 bits per heavy atom. The molecule has 158 valence electrons. The number of rotatable bonds is 4. The molecule has 0 aromatic heterocycles. The molecule has 1 atom stereocenters. The summed E-state index contributed by atoms with van der Waals surface area (Å²) in [6.07, 6.45) is 3.47. The number of likely N-dealkylation sites (tertiary alicyclic amines) is 1. The second-order valence-corrected chi connectivity index (χ2v) is 9.46. The Bertz CT molecular complexity index is 911. The number of carbonyl (C=O) groups excluding carboxylic acids is 3. The molecule has 0 saturated carbocycles. The van der Waals surface area contributed by atoms with Crippen LogP contribution in [-0.4, -0.2) is 63.6 Å². The van der Waals surface area contributed by atoms with Gasteiger partial charge in [0.05, 0.1) is 6.54 Å². The molecule has 0 radical (unpaired) electrons. The van der Waals surface area contributed by atoms with Crippen molar-refractivity contribution in [1.29, 1.82) is 0 Å². The van der Waals surface area contributed by atoms with Crippen LogP contribution in [0.25, 0.3) is 0 Å². The Hall–Kier alpha value is -2.33. The summed E-state index contributed by atoms with van der Waals surface area (Å²) < 4.78 is 0. The largest absolute Gasteiger partial charge is 0.351 e. The Kier molecular flexibility index (Phi) is 6.73. The molecule has 1 unspecified atom stereocenters. The zero-order valence-corrected chi connectivity index (χ0v) is 18.1. The zero-order chi connectivity index (χ0) is 20.9. The van der Waals surface area contributed by atoms with Crippen molar-refractivity contribution in [2.45, 2.75) is 30.9 Å². The third kappa shape index (κ3) is 5.23. The van der Waals surface area contributed by atoms with Crippen LogP contribution in [0, 0.1) is 0 Å². The standard InChI is InChI=1S/C20H23N5O3S2/c26-16(12-15-18(28)24-20(30-15)25-8-2-1-3-9-25)22-14-6-4-5-13(11-14)17(27)23-19-21-7-10-29-19/h4-6,11,15H,1-3,7-10,12H2,(H,22,26)(H,21,23,27). The summed E-state index contributed by atoms with van der Waals surface area (Å²) in [5.74, 6) is 0.0792. The van der Waals surface area contributed by atoms with Gasteiger partial charge in [-0.25, -0.2) is 0 Å². The predicted octanol–water partition coefficient (Wildman–Crippen LogP) is 2.33. The number of aliphatic imine (C=N–C) groups is 2. The maximum absolute atomic E-state index is 12.5. The molecule has 3 aliphatic heterocycles. The maximum atomic E-state index is 12.5. The Morgan fingerprint density at radius 1 is 1.17 bits per heavy atom. The molecule has 10 heteroatoms. The van der Waals surface area contributed by atoms with E-state index in [1.807, 2.05) is 0 Å². The lowest BCUT2D eigenvalue weighted by atomic mass is 10.1. The van der Waals surface area contributed by atoms with Crippen LogP contribution in [-0.2, 0) is 9.59 Å². The summed E-state index contributed by atoms with van der Waals surface area (Å²) >= 11 is 2.88. The fourth-order valence-electron chi connectivity index (χ4n) is 3.43. The molecule has 8 nitrogen and oxygen atoms in total. The first-order valence-corrected chi connectivity index (χ1v) is 11.9. The molecule has 1 aromatic rings. The molecule has 1 aromatic carbocycles. The van der Waals surface area contributed by atoms with Gasteiger partial charge in [-0.15, -0.1) is 0 Å². The van der Waals surface area contributed by atoms with Crippen molar-refractivity contribution < 1.29 is 14.4 Å². The number of amides is 3. The summed E-state index contributed by atoms with van der Waals surface area (Å²) in [7, 11) is 0. The average molecular weight is 446 g/mol. The second kappa shape index (κ2) is 9.65. The van der Waals surface area contributed by atoms with Crippen molar-refractivity contribution in [2.75, 3.05) is 30.7 Å². The summed E-state index contributed by atoms with van der Waals surface area (Å²) in [6, 6.07) is 6.73. The molecule has 0 aliphatic carbocycles. The van der Waals surface area contributed by atoms with Crippen LogP contribution in [0.4, 0.5) is 5.69 Å². The van der Waals surface area contributed by atoms with Gasteiger partial charge in [0.2, 0.25) is 5.91 Å². The number of carbonyl (C=O) groups is 3. The Balaban J connectivity index is 1.31. The van der Waals surface area contributed by atoms with E-state index in [4.69, 9.17) is 0 Å². The van der Waals surface area contributed by atoms with E-state index in [0.29, 0.717) is 23.0 Å². The molecule has 2 N–H and O–H groups in total. The van der Waals surface area contributed by atoms with Crippen molar-refractivity contribution in [2.24, 2.45) is 9.98 Å². The number of hydrogen-bond donors (Lipinski definition) is 2. The maximum Gasteiger partial charge on any atom is 0.262 e. The first kappa shape index (κ1) is 20.9. The van der Waals surface area contributed by atoms with E-state index in [-0.39, 0.29) is 24.1 Å². The lowest BCUT2D eigenvalue weighted by molar-refractivity contribution is -0.121. The minimum absolute atomic E-state index is 0.0498. The minimum atomic E-state index is -0.495. The van der Waals surface area contributed by atoms with Crippen molar-refractivity contribution >= 4 is 57.3 Å². The van der Waals surface area contributed by atoms with E-state index in [9.17, 15) is 14.4 Å². The lowest BCUT2D eigenvalue weighted by Crippen LogP contribution is -2.33. The number of amidine groups is 2. The fourth-order valence-corrected chi connectivity index (χ4v) is 5.27. The summed E-state index contributed by atoms with van der Waals surface area (Å²) in [4.78, 5) is 47.6. The minimum Gasteiger partial charge on any atom is -0.351 e. The van der Waals surface area contributed by atoms with Gasteiger partial charge in [-0.05, 0) is 37.5 Å². The molecular formula is C20H23N5O3S2. The van der Waals surface area contributed by atoms with Crippen LogP contribution >= 0.6 is 23.5 Å². The fraction of sp³-hybridized carbons (Fsp3) is 0.450. The first-order chi connectivity index (χ1) is 14.6. The first-order valence-electron chi connectivity index (χ1n) is 10.0. The van der Waals surface area contributed by atoms with E-state index in [1.54, 1.807) is 24.3 Å². The molecule has 3 heterocycles. The van der Waals surface area contributed by atoms with Gasteiger partial charge < -0.3 is 15.5 Å². The van der Waals surface area contributed by atoms with E-state index in [2.05, 4.69) is 25.5 Å². The number of thioether (sulfide) groups is 2. The highest BCUT2D eigenvalue weighted by Gasteiger charge is 2.33. The van der Waals surface area contributed by atoms with Crippen molar-refractivity contribution in [3.8, 4) is 0 Å². The molecule has 4 rings (SSSR count).